The van der Waals surface area contributed by atoms with Crippen LogP contribution in [-0.2, 0) is 0 Å². The van der Waals surface area contributed by atoms with Crippen molar-refractivity contribution in [2.75, 3.05) is 12.3 Å². The summed E-state index contributed by atoms with van der Waals surface area (Å²) in [5.74, 6) is 1.91. The molecule has 0 spiro atoms. The third-order valence-electron chi connectivity index (χ3n) is 3.75. The molecule has 1 aliphatic rings. The maximum Gasteiger partial charge on any atom is 0.115 e. The van der Waals surface area contributed by atoms with E-state index in [1.165, 1.54) is 32.1 Å². The molecule has 2 rings (SSSR count). The van der Waals surface area contributed by atoms with Crippen LogP contribution >= 0.6 is 23.4 Å². The van der Waals surface area contributed by atoms with Crippen molar-refractivity contribution in [2.45, 2.75) is 50.1 Å². The average molecular weight is 299 g/mol. The quantitative estimate of drug-likeness (QED) is 0.756. The maximum absolute atomic E-state index is 6.17. The van der Waals surface area contributed by atoms with Crippen molar-refractivity contribution in [1.82, 2.24) is 10.3 Å². The van der Waals surface area contributed by atoms with Crippen LogP contribution in [0.3, 0.4) is 0 Å². The number of pyridine rings is 1. The van der Waals surface area contributed by atoms with Gasteiger partial charge in [0.15, 0.2) is 0 Å². The fraction of sp³-hybridized carbons (Fsp3) is 0.667. The predicted molar refractivity (Wildman–Crippen MR) is 84.0 cm³/mol. The van der Waals surface area contributed by atoms with E-state index >= 15 is 0 Å². The van der Waals surface area contributed by atoms with Crippen LogP contribution in [0, 0.1) is 5.92 Å². The highest BCUT2D eigenvalue weighted by Gasteiger charge is 2.24. The zero-order valence-corrected chi connectivity index (χ0v) is 13.1. The van der Waals surface area contributed by atoms with Crippen LogP contribution in [0.4, 0.5) is 0 Å². The Labute approximate surface area is 125 Å². The summed E-state index contributed by atoms with van der Waals surface area (Å²) in [7, 11) is 0. The SMILES string of the molecule is CCCNC(CSc1ncccc1Cl)C1CCCC1. The van der Waals surface area contributed by atoms with E-state index in [0.717, 1.165) is 28.3 Å². The Bertz CT molecular complexity index is 380. The van der Waals surface area contributed by atoms with Gasteiger partial charge in [0.25, 0.3) is 0 Å². The van der Waals surface area contributed by atoms with E-state index in [9.17, 15) is 0 Å². The van der Waals surface area contributed by atoms with Gasteiger partial charge in [0.1, 0.15) is 5.03 Å². The van der Waals surface area contributed by atoms with Crippen molar-refractivity contribution >= 4 is 23.4 Å². The van der Waals surface area contributed by atoms with E-state index in [1.807, 2.05) is 18.3 Å². The van der Waals surface area contributed by atoms with E-state index in [2.05, 4.69) is 17.2 Å². The molecule has 0 amide bonds. The molecule has 106 valence electrons. The Hall–Kier alpha value is -0.250. The molecule has 0 bridgehead atoms. The molecule has 1 unspecified atom stereocenters. The molecule has 0 aliphatic heterocycles. The highest BCUT2D eigenvalue weighted by atomic mass is 35.5. The molecule has 0 saturated heterocycles. The first kappa shape index (κ1) is 15.1. The highest BCUT2D eigenvalue weighted by Crippen LogP contribution is 2.32. The van der Waals surface area contributed by atoms with Crippen LogP contribution in [0.1, 0.15) is 39.0 Å². The number of nitrogens with zero attached hydrogens (tertiary/aromatic N) is 1. The van der Waals surface area contributed by atoms with Gasteiger partial charge in [0.05, 0.1) is 5.02 Å². The van der Waals surface area contributed by atoms with E-state index in [1.54, 1.807) is 11.8 Å². The highest BCUT2D eigenvalue weighted by molar-refractivity contribution is 7.99. The van der Waals surface area contributed by atoms with Gasteiger partial charge in [-0.05, 0) is 43.9 Å². The lowest BCUT2D eigenvalue weighted by molar-refractivity contribution is 0.388. The van der Waals surface area contributed by atoms with Gasteiger partial charge < -0.3 is 5.32 Å². The second-order valence-corrected chi connectivity index (χ2v) is 6.62. The summed E-state index contributed by atoms with van der Waals surface area (Å²) in [6.45, 7) is 3.33. The van der Waals surface area contributed by atoms with Crippen molar-refractivity contribution < 1.29 is 0 Å². The van der Waals surface area contributed by atoms with Crippen molar-refractivity contribution in [3.8, 4) is 0 Å². The molecule has 1 aliphatic carbocycles. The molecule has 1 N–H and O–H groups in total. The Morgan fingerprint density at radius 3 is 2.95 bits per heavy atom. The van der Waals surface area contributed by atoms with E-state index in [4.69, 9.17) is 11.6 Å². The predicted octanol–water partition coefficient (Wildman–Crippen LogP) is 4.39. The van der Waals surface area contributed by atoms with Crippen LogP contribution in [0.2, 0.25) is 5.02 Å². The lowest BCUT2D eigenvalue weighted by Crippen LogP contribution is -2.37. The number of hydrogen-bond acceptors (Lipinski definition) is 3. The molecule has 1 saturated carbocycles. The van der Waals surface area contributed by atoms with E-state index in [0.29, 0.717) is 6.04 Å². The molecular weight excluding hydrogens is 276 g/mol. The van der Waals surface area contributed by atoms with Crippen molar-refractivity contribution in [3.63, 3.8) is 0 Å². The number of rotatable bonds is 7. The molecule has 1 heterocycles. The third kappa shape index (κ3) is 4.66. The molecule has 1 atom stereocenters. The van der Waals surface area contributed by atoms with Crippen molar-refractivity contribution in [3.05, 3.63) is 23.4 Å². The van der Waals surface area contributed by atoms with Crippen molar-refractivity contribution in [1.29, 1.82) is 0 Å². The second kappa shape index (κ2) is 8.13. The number of halogens is 1. The van der Waals surface area contributed by atoms with Gasteiger partial charge in [-0.3, -0.25) is 0 Å². The van der Waals surface area contributed by atoms with Gasteiger partial charge in [0, 0.05) is 18.0 Å². The molecule has 2 nitrogen and oxygen atoms in total. The van der Waals surface area contributed by atoms with Crippen LogP contribution in [0.5, 0.6) is 0 Å². The zero-order valence-electron chi connectivity index (χ0n) is 11.6. The fourth-order valence-corrected chi connectivity index (χ4v) is 4.05. The third-order valence-corrected chi connectivity index (χ3v) is 5.29. The topological polar surface area (TPSA) is 24.9 Å². The monoisotopic (exact) mass is 298 g/mol. The first-order valence-electron chi connectivity index (χ1n) is 7.28. The van der Waals surface area contributed by atoms with Gasteiger partial charge in [-0.15, -0.1) is 11.8 Å². The average Bonchev–Trinajstić information content (AvgIpc) is 2.94. The minimum atomic E-state index is 0.602. The lowest BCUT2D eigenvalue weighted by Gasteiger charge is -2.24. The summed E-state index contributed by atoms with van der Waals surface area (Å²) in [6.07, 6.45) is 8.54. The Morgan fingerprint density at radius 2 is 2.26 bits per heavy atom. The van der Waals surface area contributed by atoms with Crippen molar-refractivity contribution in [2.24, 2.45) is 5.92 Å². The lowest BCUT2D eigenvalue weighted by atomic mass is 10.00. The number of nitrogens with one attached hydrogen (secondary N) is 1. The number of thioether (sulfide) groups is 1. The van der Waals surface area contributed by atoms with Crippen LogP contribution in [-0.4, -0.2) is 23.3 Å². The van der Waals surface area contributed by atoms with Crippen LogP contribution in [0.15, 0.2) is 23.4 Å². The summed E-state index contributed by atoms with van der Waals surface area (Å²) in [5.41, 5.74) is 0. The Balaban J connectivity index is 1.90. The van der Waals surface area contributed by atoms with Crippen LogP contribution in [0.25, 0.3) is 0 Å². The van der Waals surface area contributed by atoms with E-state index < -0.39 is 0 Å². The largest absolute Gasteiger partial charge is 0.313 e. The first-order chi connectivity index (χ1) is 9.31. The maximum atomic E-state index is 6.17. The summed E-state index contributed by atoms with van der Waals surface area (Å²) in [4.78, 5) is 4.36. The first-order valence-corrected chi connectivity index (χ1v) is 8.64. The molecule has 19 heavy (non-hydrogen) atoms. The summed E-state index contributed by atoms with van der Waals surface area (Å²) in [5, 5.41) is 5.44. The molecule has 0 aromatic carbocycles. The summed E-state index contributed by atoms with van der Waals surface area (Å²) in [6, 6.07) is 4.41. The fourth-order valence-electron chi connectivity index (χ4n) is 2.70. The van der Waals surface area contributed by atoms with E-state index in [-0.39, 0.29) is 0 Å². The standard InChI is InChI=1S/C15H23ClN2S/c1-2-9-17-14(12-6-3-4-7-12)11-19-15-13(16)8-5-10-18-15/h5,8,10,12,14,17H,2-4,6-7,9,11H2,1H3. The molecule has 1 fully saturated rings. The smallest absolute Gasteiger partial charge is 0.115 e. The Kier molecular flexibility index (Phi) is 6.48. The van der Waals surface area contributed by atoms with Crippen LogP contribution < -0.4 is 5.32 Å². The summed E-state index contributed by atoms with van der Waals surface area (Å²) < 4.78 is 0. The van der Waals surface area contributed by atoms with Gasteiger partial charge in [-0.1, -0.05) is 31.4 Å². The zero-order chi connectivity index (χ0) is 13.5. The minimum Gasteiger partial charge on any atom is -0.313 e. The molecule has 4 heteroatoms. The molecule has 0 radical (unpaired) electrons. The Morgan fingerprint density at radius 1 is 1.47 bits per heavy atom. The molecule has 1 aromatic heterocycles. The van der Waals surface area contributed by atoms with Gasteiger partial charge >= 0.3 is 0 Å². The minimum absolute atomic E-state index is 0.602. The number of aromatic nitrogens is 1. The number of hydrogen-bond donors (Lipinski definition) is 1. The normalized spacial score (nSPS) is 17.8. The van der Waals surface area contributed by atoms with Gasteiger partial charge in [-0.2, -0.15) is 0 Å². The van der Waals surface area contributed by atoms with Gasteiger partial charge in [0.2, 0.25) is 0 Å². The summed E-state index contributed by atoms with van der Waals surface area (Å²) >= 11 is 7.95. The molecule has 1 aromatic rings. The van der Waals surface area contributed by atoms with Gasteiger partial charge in [-0.25, -0.2) is 4.98 Å². The molecular formula is C15H23ClN2S. The second-order valence-electron chi connectivity index (χ2n) is 5.21.